The van der Waals surface area contributed by atoms with Gasteiger partial charge in [0.1, 0.15) is 6.10 Å². The van der Waals surface area contributed by atoms with Crippen molar-refractivity contribution in [2.45, 2.75) is 31.8 Å². The highest BCUT2D eigenvalue weighted by Gasteiger charge is 2.79. The number of esters is 1. The fourth-order valence-electron chi connectivity index (χ4n) is 10.1. The molecular weight excluding hydrogens is 340 g/mol. The molecule has 0 aliphatic heterocycles. The minimum Gasteiger partial charge on any atom is -0.478 e. The number of carboxylic acids is 1. The Morgan fingerprint density at radius 2 is 1.52 bits per heavy atom. The third kappa shape index (κ3) is 1.64. The lowest BCUT2D eigenvalue weighted by Crippen LogP contribution is -2.61. The highest BCUT2D eigenvalue weighted by Crippen LogP contribution is 2.82. The molecule has 6 fully saturated rings. The first kappa shape index (κ1) is 15.4. The summed E-state index contributed by atoms with van der Waals surface area (Å²) in [6.45, 7) is 0. The molecule has 4 bridgehead atoms. The smallest absolute Gasteiger partial charge is 0.331 e. The van der Waals surface area contributed by atoms with Gasteiger partial charge in [-0.1, -0.05) is 12.2 Å². The van der Waals surface area contributed by atoms with E-state index in [9.17, 15) is 9.59 Å². The molecule has 7 aliphatic rings. The van der Waals surface area contributed by atoms with E-state index >= 15 is 0 Å². The first-order chi connectivity index (χ1) is 13.1. The molecule has 4 heteroatoms. The van der Waals surface area contributed by atoms with Crippen LogP contribution in [0.15, 0.2) is 24.3 Å². The van der Waals surface area contributed by atoms with Gasteiger partial charge in [-0.3, -0.25) is 0 Å². The summed E-state index contributed by atoms with van der Waals surface area (Å²) in [5.41, 5.74) is 0. The minimum atomic E-state index is -1.09. The molecule has 7 aliphatic carbocycles. The predicted molar refractivity (Wildman–Crippen MR) is 96.1 cm³/mol. The Morgan fingerprint density at radius 1 is 0.852 bits per heavy atom. The van der Waals surface area contributed by atoms with E-state index in [0.717, 1.165) is 71.3 Å². The van der Waals surface area contributed by atoms with E-state index in [4.69, 9.17) is 9.84 Å². The molecule has 7 rings (SSSR count). The molecule has 13 atom stereocenters. The number of hydrogen-bond acceptors (Lipinski definition) is 3. The van der Waals surface area contributed by atoms with Crippen LogP contribution in [0.1, 0.15) is 25.7 Å². The number of aliphatic carboxylic acids is 1. The van der Waals surface area contributed by atoms with Gasteiger partial charge in [0.05, 0.1) is 0 Å². The zero-order chi connectivity index (χ0) is 18.0. The van der Waals surface area contributed by atoms with Crippen LogP contribution in [0.2, 0.25) is 0 Å². The van der Waals surface area contributed by atoms with Gasteiger partial charge in [-0.15, -0.1) is 0 Å². The highest BCUT2D eigenvalue weighted by molar-refractivity contribution is 5.90. The van der Waals surface area contributed by atoms with Crippen LogP contribution in [0.4, 0.5) is 0 Å². The average Bonchev–Trinajstić information content (AvgIpc) is 3.35. The first-order valence-electron chi connectivity index (χ1n) is 10.9. The highest BCUT2D eigenvalue weighted by atomic mass is 16.5. The second kappa shape index (κ2) is 4.87. The van der Waals surface area contributed by atoms with Gasteiger partial charge in [-0.2, -0.15) is 0 Å². The van der Waals surface area contributed by atoms with Gasteiger partial charge in [0, 0.05) is 12.2 Å². The minimum absolute atomic E-state index is 0.0491. The number of carbonyl (C=O) groups excluding carboxylic acids is 1. The van der Waals surface area contributed by atoms with Crippen LogP contribution in [0.25, 0.3) is 0 Å². The second-order valence-electron chi connectivity index (χ2n) is 10.4. The van der Waals surface area contributed by atoms with Crippen molar-refractivity contribution in [1.29, 1.82) is 0 Å². The van der Waals surface area contributed by atoms with E-state index < -0.39 is 11.9 Å². The fourth-order valence-corrected chi connectivity index (χ4v) is 10.1. The quantitative estimate of drug-likeness (QED) is 0.361. The van der Waals surface area contributed by atoms with Gasteiger partial charge >= 0.3 is 11.9 Å². The van der Waals surface area contributed by atoms with Crippen LogP contribution in [-0.4, -0.2) is 23.1 Å². The summed E-state index contributed by atoms with van der Waals surface area (Å²) >= 11 is 0. The summed E-state index contributed by atoms with van der Waals surface area (Å²) in [6.07, 6.45) is 12.2. The van der Waals surface area contributed by atoms with Crippen molar-refractivity contribution < 1.29 is 19.4 Å². The molecule has 142 valence electrons. The number of rotatable bonds is 3. The number of fused-ring (bicyclic) bond motifs is 18. The molecule has 0 spiro atoms. The van der Waals surface area contributed by atoms with Crippen molar-refractivity contribution in [1.82, 2.24) is 0 Å². The molecule has 0 saturated heterocycles. The van der Waals surface area contributed by atoms with Crippen molar-refractivity contribution in [2.75, 3.05) is 0 Å². The van der Waals surface area contributed by atoms with Crippen LogP contribution in [0.5, 0.6) is 0 Å². The molecule has 4 nitrogen and oxygen atoms in total. The molecular formula is C23H26O4. The lowest BCUT2D eigenvalue weighted by Gasteiger charge is -2.65. The van der Waals surface area contributed by atoms with E-state index in [-0.39, 0.29) is 6.10 Å². The van der Waals surface area contributed by atoms with Crippen molar-refractivity contribution in [3.8, 4) is 0 Å². The van der Waals surface area contributed by atoms with E-state index in [1.54, 1.807) is 0 Å². The molecule has 0 amide bonds. The van der Waals surface area contributed by atoms with Crippen molar-refractivity contribution in [2.24, 2.45) is 71.0 Å². The number of hydrogen-bond donors (Lipinski definition) is 1. The Kier molecular flexibility index (Phi) is 2.77. The lowest BCUT2D eigenvalue weighted by molar-refractivity contribution is -0.175. The Morgan fingerprint density at radius 3 is 2.22 bits per heavy atom. The maximum Gasteiger partial charge on any atom is 0.331 e. The van der Waals surface area contributed by atoms with Gasteiger partial charge in [-0.05, 0) is 96.7 Å². The Balaban J connectivity index is 1.14. The summed E-state index contributed by atoms with van der Waals surface area (Å²) in [5, 5.41) is 8.73. The summed E-state index contributed by atoms with van der Waals surface area (Å²) in [4.78, 5) is 22.8. The topological polar surface area (TPSA) is 63.6 Å². The Bertz CT molecular complexity index is 798. The van der Waals surface area contributed by atoms with Crippen molar-refractivity contribution >= 4 is 11.9 Å². The number of ether oxygens (including phenoxy) is 1. The SMILES string of the molecule is O=C(O)/C=C\C(=O)OC1C2CCC1C1C2C2C3CC(C4C5CC=CC5C34)C12. The monoisotopic (exact) mass is 366 g/mol. The number of carbonyl (C=O) groups is 2. The van der Waals surface area contributed by atoms with Crippen molar-refractivity contribution in [3.63, 3.8) is 0 Å². The fraction of sp³-hybridized carbons (Fsp3) is 0.739. The van der Waals surface area contributed by atoms with Gasteiger partial charge in [0.15, 0.2) is 0 Å². The summed E-state index contributed by atoms with van der Waals surface area (Å²) in [6, 6.07) is 0. The van der Waals surface area contributed by atoms with Gasteiger partial charge < -0.3 is 9.84 Å². The van der Waals surface area contributed by atoms with E-state index in [1.165, 1.54) is 25.7 Å². The van der Waals surface area contributed by atoms with Gasteiger partial charge in [0.2, 0.25) is 0 Å². The van der Waals surface area contributed by atoms with E-state index in [1.807, 2.05) is 0 Å². The number of allylic oxidation sites excluding steroid dienone is 2. The van der Waals surface area contributed by atoms with Crippen LogP contribution in [-0.2, 0) is 14.3 Å². The largest absolute Gasteiger partial charge is 0.478 e. The molecule has 13 unspecified atom stereocenters. The van der Waals surface area contributed by atoms with Crippen LogP contribution in [0.3, 0.4) is 0 Å². The zero-order valence-electron chi connectivity index (χ0n) is 15.3. The first-order valence-corrected chi connectivity index (χ1v) is 10.9. The maximum atomic E-state index is 12.1. The third-order valence-corrected chi connectivity index (χ3v) is 10.2. The molecule has 27 heavy (non-hydrogen) atoms. The van der Waals surface area contributed by atoms with Crippen LogP contribution < -0.4 is 0 Å². The molecule has 6 saturated carbocycles. The summed E-state index contributed by atoms with van der Waals surface area (Å²) in [5.74, 6) is 8.62. The van der Waals surface area contributed by atoms with Crippen LogP contribution in [0, 0.1) is 71.0 Å². The number of carboxylic acid groups (broad SMARTS) is 1. The molecule has 1 N–H and O–H groups in total. The van der Waals surface area contributed by atoms with E-state index in [0.29, 0.717) is 11.8 Å². The van der Waals surface area contributed by atoms with Crippen LogP contribution >= 0.6 is 0 Å². The molecule has 0 aromatic rings. The van der Waals surface area contributed by atoms with Crippen molar-refractivity contribution in [3.05, 3.63) is 24.3 Å². The van der Waals surface area contributed by atoms with E-state index in [2.05, 4.69) is 12.2 Å². The Labute approximate surface area is 159 Å². The summed E-state index contributed by atoms with van der Waals surface area (Å²) in [7, 11) is 0. The molecule has 0 radical (unpaired) electrons. The standard InChI is InChI=1S/C23H26O4/c24-15(25)6-7-16(26)27-23-11-4-5-12(23)20-19(11)21-13-8-14(22(20)21)18-10-3-1-2-9(10)17(13)18/h1-2,6-7,9-14,17-23H,3-5,8H2,(H,24,25)/b7-6-. The third-order valence-electron chi connectivity index (χ3n) is 10.2. The molecule has 0 heterocycles. The lowest BCUT2D eigenvalue weighted by atomic mass is 9.39. The molecule has 0 aromatic carbocycles. The van der Waals surface area contributed by atoms with Gasteiger partial charge in [-0.25, -0.2) is 9.59 Å². The zero-order valence-corrected chi connectivity index (χ0v) is 15.3. The van der Waals surface area contributed by atoms with Gasteiger partial charge in [0.25, 0.3) is 0 Å². The molecule has 0 aromatic heterocycles. The second-order valence-corrected chi connectivity index (χ2v) is 10.4. The normalized spacial score (nSPS) is 59.8. The average molecular weight is 366 g/mol. The summed E-state index contributed by atoms with van der Waals surface area (Å²) < 4.78 is 5.83. The predicted octanol–water partition coefficient (Wildman–Crippen LogP) is 3.15. The maximum absolute atomic E-state index is 12.1. The Hall–Kier alpha value is -1.58.